The van der Waals surface area contributed by atoms with Gasteiger partial charge >= 0.3 is 0 Å². The van der Waals surface area contributed by atoms with E-state index in [0.717, 1.165) is 11.3 Å². The molecular weight excluding hydrogens is 382 g/mol. The van der Waals surface area contributed by atoms with Gasteiger partial charge in [0.25, 0.3) is 0 Å². The molecule has 4 rings (SSSR count). The van der Waals surface area contributed by atoms with Gasteiger partial charge in [-0.15, -0.1) is 0 Å². The summed E-state index contributed by atoms with van der Waals surface area (Å²) in [7, 11) is 0. The van der Waals surface area contributed by atoms with Crippen LogP contribution in [0.25, 0.3) is 0 Å². The van der Waals surface area contributed by atoms with Crippen LogP contribution in [0.1, 0.15) is 60.6 Å². The fourth-order valence-electron chi connectivity index (χ4n) is 3.81. The lowest BCUT2D eigenvalue weighted by atomic mass is 9.79. The maximum Gasteiger partial charge on any atom is 0.211 e. The normalized spacial score (nSPS) is 12.0. The third kappa shape index (κ3) is 3.93. The van der Waals surface area contributed by atoms with Gasteiger partial charge in [-0.3, -0.25) is 9.48 Å². The van der Waals surface area contributed by atoms with Crippen LogP contribution in [-0.4, -0.2) is 20.5 Å². The summed E-state index contributed by atoms with van der Waals surface area (Å²) in [4.78, 5) is 17.7. The number of rotatable bonds is 6. The average Bonchev–Trinajstić information content (AvgIpc) is 3.35. The SMILES string of the molecule is CC(C)(c1cccc(C(C)(C)n2cccn2)c1)c1cccc(C(=O)c2ccccc2)n1. The van der Waals surface area contributed by atoms with E-state index in [1.165, 1.54) is 5.56 Å². The molecule has 0 unspecified atom stereocenters. The lowest BCUT2D eigenvalue weighted by molar-refractivity contribution is 0.103. The Bertz CT molecular complexity index is 1190. The third-order valence-electron chi connectivity index (χ3n) is 6.03. The molecule has 0 aliphatic carbocycles. The fourth-order valence-corrected chi connectivity index (χ4v) is 3.81. The minimum Gasteiger partial charge on any atom is -0.287 e. The van der Waals surface area contributed by atoms with Gasteiger partial charge in [-0.25, -0.2) is 4.98 Å². The standard InChI is InChI=1S/C27H27N3O/c1-26(2,21-13-8-14-22(19-21)27(3,4)30-18-10-17-28-30)24-16-9-15-23(29-24)25(31)20-11-6-5-7-12-20/h5-19H,1-4H3. The zero-order valence-corrected chi connectivity index (χ0v) is 18.4. The molecular formula is C27H27N3O. The van der Waals surface area contributed by atoms with E-state index in [2.05, 4.69) is 57.1 Å². The molecule has 0 saturated heterocycles. The van der Waals surface area contributed by atoms with Crippen molar-refractivity contribution in [3.63, 3.8) is 0 Å². The zero-order chi connectivity index (χ0) is 22.1. The highest BCUT2D eigenvalue weighted by Crippen LogP contribution is 2.34. The molecule has 2 aromatic heterocycles. The van der Waals surface area contributed by atoms with Crippen LogP contribution in [0.5, 0.6) is 0 Å². The van der Waals surface area contributed by atoms with Gasteiger partial charge in [0.15, 0.2) is 0 Å². The minimum atomic E-state index is -0.372. The molecule has 156 valence electrons. The number of aromatic nitrogens is 3. The highest BCUT2D eigenvalue weighted by molar-refractivity contribution is 6.07. The van der Waals surface area contributed by atoms with E-state index < -0.39 is 0 Å². The number of carbonyl (C=O) groups is 1. The summed E-state index contributed by atoms with van der Waals surface area (Å²) in [6, 6.07) is 25.5. The summed E-state index contributed by atoms with van der Waals surface area (Å²) in [6.07, 6.45) is 3.78. The van der Waals surface area contributed by atoms with Crippen molar-refractivity contribution >= 4 is 5.78 Å². The predicted molar refractivity (Wildman–Crippen MR) is 123 cm³/mol. The molecule has 0 fully saturated rings. The molecule has 0 bridgehead atoms. The van der Waals surface area contributed by atoms with E-state index in [9.17, 15) is 4.79 Å². The van der Waals surface area contributed by atoms with Gasteiger partial charge in [0.1, 0.15) is 5.69 Å². The largest absolute Gasteiger partial charge is 0.287 e. The maximum absolute atomic E-state index is 12.9. The van der Waals surface area contributed by atoms with Crippen LogP contribution in [0.4, 0.5) is 0 Å². The van der Waals surface area contributed by atoms with Gasteiger partial charge in [-0.1, -0.05) is 74.5 Å². The van der Waals surface area contributed by atoms with E-state index in [1.54, 1.807) is 12.3 Å². The highest BCUT2D eigenvalue weighted by Gasteiger charge is 2.29. The van der Waals surface area contributed by atoms with Crippen molar-refractivity contribution in [3.05, 3.63) is 119 Å². The topological polar surface area (TPSA) is 47.8 Å². The molecule has 4 aromatic rings. The van der Waals surface area contributed by atoms with Crippen molar-refractivity contribution in [2.75, 3.05) is 0 Å². The second-order valence-electron chi connectivity index (χ2n) is 8.82. The second-order valence-corrected chi connectivity index (χ2v) is 8.82. The molecule has 0 saturated carbocycles. The molecule has 0 aliphatic heterocycles. The van der Waals surface area contributed by atoms with Crippen LogP contribution in [0.2, 0.25) is 0 Å². The van der Waals surface area contributed by atoms with Gasteiger partial charge < -0.3 is 0 Å². The predicted octanol–water partition coefficient (Wildman–Crippen LogP) is 5.62. The number of carbonyl (C=O) groups excluding carboxylic acids is 1. The number of pyridine rings is 1. The Hall–Kier alpha value is -3.53. The monoisotopic (exact) mass is 409 g/mol. The summed E-state index contributed by atoms with van der Waals surface area (Å²) < 4.78 is 1.97. The number of benzene rings is 2. The first kappa shape index (κ1) is 20.7. The molecule has 2 heterocycles. The molecule has 0 spiro atoms. The zero-order valence-electron chi connectivity index (χ0n) is 18.4. The van der Waals surface area contributed by atoms with E-state index in [4.69, 9.17) is 4.98 Å². The van der Waals surface area contributed by atoms with Crippen LogP contribution in [-0.2, 0) is 11.0 Å². The summed E-state index contributed by atoms with van der Waals surface area (Å²) in [5.41, 5.74) is 3.62. The van der Waals surface area contributed by atoms with Crippen LogP contribution in [0.15, 0.2) is 91.3 Å². The van der Waals surface area contributed by atoms with Crippen molar-refractivity contribution in [3.8, 4) is 0 Å². The molecule has 0 N–H and O–H groups in total. The number of ketones is 1. The summed E-state index contributed by atoms with van der Waals surface area (Å²) in [6.45, 7) is 8.60. The lowest BCUT2D eigenvalue weighted by Gasteiger charge is -2.30. The smallest absolute Gasteiger partial charge is 0.211 e. The van der Waals surface area contributed by atoms with Crippen molar-refractivity contribution in [2.24, 2.45) is 0 Å². The van der Waals surface area contributed by atoms with Crippen LogP contribution < -0.4 is 0 Å². The van der Waals surface area contributed by atoms with Crippen molar-refractivity contribution in [1.29, 1.82) is 0 Å². The first-order chi connectivity index (χ1) is 14.8. The van der Waals surface area contributed by atoms with Crippen molar-refractivity contribution < 1.29 is 4.79 Å². The number of nitrogens with zero attached hydrogens (tertiary/aromatic N) is 3. The Labute approximate surface area is 183 Å². The Kier molecular flexibility index (Phi) is 5.32. The fraction of sp³-hybridized carbons (Fsp3) is 0.222. The molecule has 0 aliphatic rings. The average molecular weight is 410 g/mol. The maximum atomic E-state index is 12.9. The van der Waals surface area contributed by atoms with E-state index in [0.29, 0.717) is 11.3 Å². The Morgan fingerprint density at radius 2 is 1.52 bits per heavy atom. The summed E-state index contributed by atoms with van der Waals surface area (Å²) in [5, 5.41) is 4.44. The van der Waals surface area contributed by atoms with Gasteiger partial charge in [0, 0.05) is 23.4 Å². The number of hydrogen-bond acceptors (Lipinski definition) is 3. The van der Waals surface area contributed by atoms with E-state index >= 15 is 0 Å². The Morgan fingerprint density at radius 3 is 2.23 bits per heavy atom. The van der Waals surface area contributed by atoms with Gasteiger partial charge in [-0.2, -0.15) is 5.10 Å². The Balaban J connectivity index is 1.70. The third-order valence-corrected chi connectivity index (χ3v) is 6.03. The minimum absolute atomic E-state index is 0.0631. The van der Waals surface area contributed by atoms with Crippen molar-refractivity contribution in [2.45, 2.75) is 38.6 Å². The highest BCUT2D eigenvalue weighted by atomic mass is 16.1. The van der Waals surface area contributed by atoms with Crippen molar-refractivity contribution in [1.82, 2.24) is 14.8 Å². The first-order valence-corrected chi connectivity index (χ1v) is 10.5. The summed E-state index contributed by atoms with van der Waals surface area (Å²) >= 11 is 0. The van der Waals surface area contributed by atoms with Crippen LogP contribution in [0, 0.1) is 0 Å². The molecule has 2 aromatic carbocycles. The molecule has 0 radical (unpaired) electrons. The lowest BCUT2D eigenvalue weighted by Crippen LogP contribution is -2.29. The van der Waals surface area contributed by atoms with Gasteiger partial charge in [0.2, 0.25) is 5.78 Å². The molecule has 0 amide bonds. The molecule has 4 nitrogen and oxygen atoms in total. The van der Waals surface area contributed by atoms with Gasteiger partial charge in [-0.05, 0) is 43.2 Å². The molecule has 0 atom stereocenters. The van der Waals surface area contributed by atoms with Crippen LogP contribution in [0.3, 0.4) is 0 Å². The summed E-state index contributed by atoms with van der Waals surface area (Å²) in [5.74, 6) is -0.0631. The van der Waals surface area contributed by atoms with Crippen LogP contribution >= 0.6 is 0 Å². The van der Waals surface area contributed by atoms with E-state index in [1.807, 2.05) is 59.4 Å². The number of hydrogen-bond donors (Lipinski definition) is 0. The van der Waals surface area contributed by atoms with Gasteiger partial charge in [0.05, 0.1) is 11.2 Å². The molecule has 31 heavy (non-hydrogen) atoms. The quantitative estimate of drug-likeness (QED) is 0.388. The molecule has 4 heteroatoms. The van der Waals surface area contributed by atoms with E-state index in [-0.39, 0.29) is 16.7 Å². The first-order valence-electron chi connectivity index (χ1n) is 10.5. The Morgan fingerprint density at radius 1 is 0.806 bits per heavy atom. The second kappa shape index (κ2) is 7.95.